The number of imidazole rings is 1. The van der Waals surface area contributed by atoms with Crippen molar-refractivity contribution in [2.24, 2.45) is 0 Å². The summed E-state index contributed by atoms with van der Waals surface area (Å²) in [5.41, 5.74) is 8.17. The summed E-state index contributed by atoms with van der Waals surface area (Å²) in [6, 6.07) is 10.9. The average molecular weight is 293 g/mol. The maximum absolute atomic E-state index is 12.3. The van der Waals surface area contributed by atoms with Gasteiger partial charge in [0.2, 0.25) is 0 Å². The van der Waals surface area contributed by atoms with Crippen molar-refractivity contribution in [2.75, 3.05) is 5.73 Å². The van der Waals surface area contributed by atoms with Crippen molar-refractivity contribution in [2.45, 2.75) is 6.36 Å². The molecule has 108 valence electrons. The molecule has 0 radical (unpaired) electrons. The molecule has 1 heterocycles. The van der Waals surface area contributed by atoms with Gasteiger partial charge in [-0.15, -0.1) is 13.2 Å². The molecule has 0 saturated carbocycles. The number of fused-ring (bicyclic) bond motifs is 1. The monoisotopic (exact) mass is 293 g/mol. The number of hydrogen-bond donors (Lipinski definition) is 1. The minimum atomic E-state index is -4.72. The van der Waals surface area contributed by atoms with Gasteiger partial charge in [0.15, 0.2) is 0 Å². The number of alkyl halides is 3. The van der Waals surface area contributed by atoms with Gasteiger partial charge in [0.1, 0.15) is 12.1 Å². The quantitative estimate of drug-likeness (QED) is 0.736. The van der Waals surface area contributed by atoms with Crippen molar-refractivity contribution < 1.29 is 17.9 Å². The number of benzene rings is 2. The molecule has 21 heavy (non-hydrogen) atoms. The lowest BCUT2D eigenvalue weighted by Crippen LogP contribution is -2.17. The van der Waals surface area contributed by atoms with Crippen molar-refractivity contribution in [1.29, 1.82) is 0 Å². The fourth-order valence-corrected chi connectivity index (χ4v) is 2.07. The highest BCUT2D eigenvalue weighted by atomic mass is 19.4. The Morgan fingerprint density at radius 1 is 1.10 bits per heavy atom. The van der Waals surface area contributed by atoms with Gasteiger partial charge in [0.25, 0.3) is 0 Å². The molecule has 2 aromatic carbocycles. The molecule has 3 rings (SSSR count). The molecule has 0 unspecified atom stereocenters. The molecule has 0 aliphatic heterocycles. The Kier molecular flexibility index (Phi) is 2.97. The molecule has 2 N–H and O–H groups in total. The lowest BCUT2D eigenvalue weighted by Gasteiger charge is -2.10. The minimum Gasteiger partial charge on any atom is -0.406 e. The molecular weight excluding hydrogens is 283 g/mol. The number of nitrogens with zero attached hydrogens (tertiary/aromatic N) is 2. The van der Waals surface area contributed by atoms with E-state index in [4.69, 9.17) is 5.73 Å². The van der Waals surface area contributed by atoms with Crippen LogP contribution in [0.1, 0.15) is 0 Å². The van der Waals surface area contributed by atoms with Gasteiger partial charge in [-0.1, -0.05) is 6.07 Å². The van der Waals surface area contributed by atoms with Crippen LogP contribution in [0.25, 0.3) is 16.7 Å². The summed E-state index contributed by atoms with van der Waals surface area (Å²) in [5.74, 6) is -0.280. The maximum atomic E-state index is 12.3. The number of nitrogens with two attached hydrogens (primary N) is 1. The van der Waals surface area contributed by atoms with Crippen LogP contribution in [-0.2, 0) is 0 Å². The fourth-order valence-electron chi connectivity index (χ4n) is 2.07. The Morgan fingerprint density at radius 3 is 2.67 bits per heavy atom. The van der Waals surface area contributed by atoms with Gasteiger partial charge < -0.3 is 10.5 Å². The van der Waals surface area contributed by atoms with Crippen LogP contribution in [0.3, 0.4) is 0 Å². The van der Waals surface area contributed by atoms with Gasteiger partial charge in [0, 0.05) is 11.8 Å². The van der Waals surface area contributed by atoms with E-state index in [1.165, 1.54) is 24.5 Å². The van der Waals surface area contributed by atoms with E-state index in [-0.39, 0.29) is 5.75 Å². The summed E-state index contributed by atoms with van der Waals surface area (Å²) in [6.07, 6.45) is -3.19. The van der Waals surface area contributed by atoms with E-state index in [1.807, 2.05) is 0 Å². The summed E-state index contributed by atoms with van der Waals surface area (Å²) in [5, 5.41) is 0. The summed E-state index contributed by atoms with van der Waals surface area (Å²) in [6.45, 7) is 0. The van der Waals surface area contributed by atoms with Gasteiger partial charge in [-0.25, -0.2) is 4.98 Å². The molecule has 4 nitrogen and oxygen atoms in total. The third-order valence-electron chi connectivity index (χ3n) is 2.90. The molecule has 0 amide bonds. The number of rotatable bonds is 2. The first kappa shape index (κ1) is 13.3. The average Bonchev–Trinajstić information content (AvgIpc) is 2.79. The van der Waals surface area contributed by atoms with E-state index < -0.39 is 6.36 Å². The Bertz CT molecular complexity index is 796. The van der Waals surface area contributed by atoms with E-state index in [9.17, 15) is 13.2 Å². The Morgan fingerprint density at radius 2 is 1.90 bits per heavy atom. The molecule has 0 aliphatic rings. The Labute approximate surface area is 117 Å². The van der Waals surface area contributed by atoms with Crippen molar-refractivity contribution in [3.8, 4) is 11.4 Å². The van der Waals surface area contributed by atoms with Crippen LogP contribution in [0, 0.1) is 0 Å². The first-order valence-electron chi connectivity index (χ1n) is 6.01. The third kappa shape index (κ3) is 2.76. The standard InChI is InChI=1S/C14H10F3N3O/c15-14(16,17)21-11-3-1-2-10(7-11)20-8-19-12-6-9(18)4-5-13(12)20/h1-8H,18H2. The highest BCUT2D eigenvalue weighted by Crippen LogP contribution is 2.26. The molecule has 0 atom stereocenters. The van der Waals surface area contributed by atoms with Crippen LogP contribution >= 0.6 is 0 Å². The van der Waals surface area contributed by atoms with Gasteiger partial charge in [-0.3, -0.25) is 4.57 Å². The van der Waals surface area contributed by atoms with Crippen LogP contribution in [0.5, 0.6) is 5.75 Å². The Hall–Kier alpha value is -2.70. The molecule has 0 spiro atoms. The van der Waals surface area contributed by atoms with E-state index in [2.05, 4.69) is 9.72 Å². The lowest BCUT2D eigenvalue weighted by molar-refractivity contribution is -0.274. The Balaban J connectivity index is 2.04. The highest BCUT2D eigenvalue weighted by Gasteiger charge is 2.31. The number of ether oxygens (including phenoxy) is 1. The minimum absolute atomic E-state index is 0.280. The SMILES string of the molecule is Nc1ccc2c(c1)ncn2-c1cccc(OC(F)(F)F)c1. The molecule has 7 heteroatoms. The number of nitrogen functional groups attached to an aromatic ring is 1. The van der Waals surface area contributed by atoms with Gasteiger partial charge in [0.05, 0.1) is 16.7 Å². The number of anilines is 1. The maximum Gasteiger partial charge on any atom is 0.573 e. The van der Waals surface area contributed by atoms with Crippen molar-refractivity contribution in [3.05, 3.63) is 48.8 Å². The second kappa shape index (κ2) is 4.69. The number of aromatic nitrogens is 2. The summed E-state index contributed by atoms with van der Waals surface area (Å²) < 4.78 is 42.4. The predicted octanol–water partition coefficient (Wildman–Crippen LogP) is 3.51. The van der Waals surface area contributed by atoms with E-state index >= 15 is 0 Å². The molecule has 0 aliphatic carbocycles. The summed E-state index contributed by atoms with van der Waals surface area (Å²) in [7, 11) is 0. The number of hydrogen-bond acceptors (Lipinski definition) is 3. The zero-order chi connectivity index (χ0) is 15.0. The largest absolute Gasteiger partial charge is 0.573 e. The second-order valence-electron chi connectivity index (χ2n) is 4.41. The third-order valence-corrected chi connectivity index (χ3v) is 2.90. The van der Waals surface area contributed by atoms with E-state index in [0.717, 1.165) is 5.52 Å². The first-order valence-corrected chi connectivity index (χ1v) is 6.01. The smallest absolute Gasteiger partial charge is 0.406 e. The zero-order valence-electron chi connectivity index (χ0n) is 10.6. The van der Waals surface area contributed by atoms with E-state index in [1.54, 1.807) is 28.8 Å². The van der Waals surface area contributed by atoms with Crippen LogP contribution in [0.2, 0.25) is 0 Å². The van der Waals surface area contributed by atoms with Crippen molar-refractivity contribution in [1.82, 2.24) is 9.55 Å². The summed E-state index contributed by atoms with van der Waals surface area (Å²) >= 11 is 0. The molecule has 3 aromatic rings. The molecule has 0 saturated heterocycles. The van der Waals surface area contributed by atoms with Crippen molar-refractivity contribution in [3.63, 3.8) is 0 Å². The van der Waals surface area contributed by atoms with Gasteiger partial charge in [-0.2, -0.15) is 0 Å². The predicted molar refractivity (Wildman–Crippen MR) is 72.2 cm³/mol. The van der Waals surface area contributed by atoms with Gasteiger partial charge >= 0.3 is 6.36 Å². The second-order valence-corrected chi connectivity index (χ2v) is 4.41. The topological polar surface area (TPSA) is 53.1 Å². The molecular formula is C14H10F3N3O. The van der Waals surface area contributed by atoms with Crippen LogP contribution in [0.4, 0.5) is 18.9 Å². The normalized spacial score (nSPS) is 11.8. The highest BCUT2D eigenvalue weighted by molar-refractivity contribution is 5.80. The van der Waals surface area contributed by atoms with Crippen LogP contribution in [-0.4, -0.2) is 15.9 Å². The first-order chi connectivity index (χ1) is 9.92. The summed E-state index contributed by atoms with van der Waals surface area (Å²) in [4.78, 5) is 4.18. The van der Waals surface area contributed by atoms with Crippen LogP contribution in [0.15, 0.2) is 48.8 Å². The molecule has 0 bridgehead atoms. The van der Waals surface area contributed by atoms with Crippen LogP contribution < -0.4 is 10.5 Å². The van der Waals surface area contributed by atoms with E-state index in [0.29, 0.717) is 16.9 Å². The zero-order valence-corrected chi connectivity index (χ0v) is 10.6. The number of halogens is 3. The fraction of sp³-hybridized carbons (Fsp3) is 0.0714. The molecule has 1 aromatic heterocycles. The molecule has 0 fully saturated rings. The van der Waals surface area contributed by atoms with Gasteiger partial charge in [-0.05, 0) is 30.3 Å². The lowest BCUT2D eigenvalue weighted by atomic mass is 10.2. The van der Waals surface area contributed by atoms with Crippen molar-refractivity contribution >= 4 is 16.7 Å².